The van der Waals surface area contributed by atoms with Crippen LogP contribution in [-0.2, 0) is 0 Å². The molecule has 1 aromatic carbocycles. The van der Waals surface area contributed by atoms with E-state index in [0.29, 0.717) is 11.3 Å². The van der Waals surface area contributed by atoms with Crippen LogP contribution in [0.2, 0.25) is 0 Å². The third-order valence-electron chi connectivity index (χ3n) is 3.06. The summed E-state index contributed by atoms with van der Waals surface area (Å²) in [6.07, 6.45) is 0.971. The van der Waals surface area contributed by atoms with Crippen LogP contribution in [0.25, 0.3) is 0 Å². The van der Waals surface area contributed by atoms with E-state index in [1.165, 1.54) is 0 Å². The molecule has 3 N–H and O–H groups in total. The van der Waals surface area contributed by atoms with E-state index in [0.717, 1.165) is 12.1 Å². The quantitative estimate of drug-likeness (QED) is 0.806. The number of carbonyl (C=O) groups excluding carboxylic acids is 1. The van der Waals surface area contributed by atoms with Gasteiger partial charge in [-0.3, -0.25) is 4.79 Å². The summed E-state index contributed by atoms with van der Waals surface area (Å²) in [6, 6.07) is 5.33. The highest BCUT2D eigenvalue weighted by Gasteiger charge is 2.17. The summed E-state index contributed by atoms with van der Waals surface area (Å²) in [4.78, 5) is 13.5. The van der Waals surface area contributed by atoms with Gasteiger partial charge in [0.15, 0.2) is 0 Å². The van der Waals surface area contributed by atoms with E-state index >= 15 is 0 Å². The lowest BCUT2D eigenvalue weighted by Crippen LogP contribution is -2.30. The lowest BCUT2D eigenvalue weighted by molar-refractivity contribution is 0.0827. The van der Waals surface area contributed by atoms with E-state index in [2.05, 4.69) is 26.1 Å². The van der Waals surface area contributed by atoms with Gasteiger partial charge in [-0.1, -0.05) is 6.92 Å². The first-order valence-electron chi connectivity index (χ1n) is 6.16. The van der Waals surface area contributed by atoms with E-state index in [4.69, 9.17) is 5.73 Å². The van der Waals surface area contributed by atoms with E-state index in [1.807, 2.05) is 6.07 Å². The molecule has 0 radical (unpaired) electrons. The Labute approximate surface area is 109 Å². The van der Waals surface area contributed by atoms with Crippen LogP contribution in [0.15, 0.2) is 18.2 Å². The fourth-order valence-corrected chi connectivity index (χ4v) is 1.51. The van der Waals surface area contributed by atoms with E-state index in [9.17, 15) is 4.79 Å². The van der Waals surface area contributed by atoms with E-state index in [-0.39, 0.29) is 11.4 Å². The number of nitrogens with two attached hydrogens (primary N) is 1. The van der Waals surface area contributed by atoms with Gasteiger partial charge < -0.3 is 16.0 Å². The second-order valence-corrected chi connectivity index (χ2v) is 5.36. The molecule has 0 saturated carbocycles. The molecule has 0 aromatic heterocycles. The molecule has 0 aliphatic carbocycles. The van der Waals surface area contributed by atoms with Crippen molar-refractivity contribution in [3.05, 3.63) is 23.8 Å². The summed E-state index contributed by atoms with van der Waals surface area (Å²) in [6.45, 7) is 6.32. The number of nitrogens with one attached hydrogen (secondary N) is 1. The molecule has 4 heteroatoms. The van der Waals surface area contributed by atoms with E-state index < -0.39 is 0 Å². The fourth-order valence-electron chi connectivity index (χ4n) is 1.51. The molecule has 0 saturated heterocycles. The molecule has 0 unspecified atom stereocenters. The van der Waals surface area contributed by atoms with E-state index in [1.54, 1.807) is 31.1 Å². The van der Waals surface area contributed by atoms with Gasteiger partial charge in [0.1, 0.15) is 0 Å². The van der Waals surface area contributed by atoms with Gasteiger partial charge in [0.25, 0.3) is 5.91 Å². The van der Waals surface area contributed by atoms with Gasteiger partial charge in [-0.2, -0.15) is 0 Å². The van der Waals surface area contributed by atoms with Crippen molar-refractivity contribution >= 4 is 17.3 Å². The van der Waals surface area contributed by atoms with Crippen molar-refractivity contribution in [1.82, 2.24) is 4.90 Å². The van der Waals surface area contributed by atoms with Crippen LogP contribution in [0, 0.1) is 0 Å². The lowest BCUT2D eigenvalue weighted by atomic mass is 10.0. The van der Waals surface area contributed by atoms with Crippen molar-refractivity contribution in [3.63, 3.8) is 0 Å². The third-order valence-corrected chi connectivity index (χ3v) is 3.06. The van der Waals surface area contributed by atoms with Crippen LogP contribution < -0.4 is 11.1 Å². The van der Waals surface area contributed by atoms with Gasteiger partial charge in [-0.25, -0.2) is 0 Å². The number of nitrogens with zero attached hydrogens (tertiary/aromatic N) is 1. The number of benzene rings is 1. The standard InChI is InChI=1S/C14H23N3O/c1-6-14(2,3)16-12-9-10(7-8-11(12)15)13(18)17(4)5/h7-9,16H,6,15H2,1-5H3. The first kappa shape index (κ1) is 14.4. The molecule has 1 amide bonds. The molecule has 0 bridgehead atoms. The molecule has 0 heterocycles. The lowest BCUT2D eigenvalue weighted by Gasteiger charge is -2.27. The Morgan fingerprint density at radius 1 is 1.39 bits per heavy atom. The molecule has 0 spiro atoms. The molecule has 4 nitrogen and oxygen atoms in total. The first-order valence-corrected chi connectivity index (χ1v) is 6.16. The number of carbonyl (C=O) groups is 1. The maximum atomic E-state index is 11.9. The van der Waals surface area contributed by atoms with Crippen LogP contribution in [-0.4, -0.2) is 30.4 Å². The highest BCUT2D eigenvalue weighted by Crippen LogP contribution is 2.25. The summed E-state index contributed by atoms with van der Waals surface area (Å²) < 4.78 is 0. The zero-order chi connectivity index (χ0) is 13.9. The van der Waals surface area contributed by atoms with Crippen LogP contribution in [0.1, 0.15) is 37.6 Å². The van der Waals surface area contributed by atoms with Gasteiger partial charge >= 0.3 is 0 Å². The summed E-state index contributed by atoms with van der Waals surface area (Å²) in [5.74, 6) is -0.0210. The third kappa shape index (κ3) is 3.39. The topological polar surface area (TPSA) is 58.4 Å². The summed E-state index contributed by atoms with van der Waals surface area (Å²) in [7, 11) is 3.48. The predicted molar refractivity (Wildman–Crippen MR) is 76.9 cm³/mol. The Kier molecular flexibility index (Phi) is 4.22. The minimum absolute atomic E-state index is 0.0210. The zero-order valence-electron chi connectivity index (χ0n) is 11.9. The van der Waals surface area contributed by atoms with Gasteiger partial charge in [0, 0.05) is 25.2 Å². The number of hydrogen-bond donors (Lipinski definition) is 2. The van der Waals surface area contributed by atoms with Gasteiger partial charge in [0.05, 0.1) is 11.4 Å². The van der Waals surface area contributed by atoms with Crippen LogP contribution in [0.3, 0.4) is 0 Å². The number of nitrogen functional groups attached to an aromatic ring is 1. The van der Waals surface area contributed by atoms with Gasteiger partial charge in [0.2, 0.25) is 0 Å². The van der Waals surface area contributed by atoms with Crippen molar-refractivity contribution in [2.75, 3.05) is 25.1 Å². The Hall–Kier alpha value is -1.71. The molecule has 100 valence electrons. The molecular weight excluding hydrogens is 226 g/mol. The zero-order valence-corrected chi connectivity index (χ0v) is 11.9. The Balaban J connectivity index is 3.06. The first-order chi connectivity index (χ1) is 8.26. The van der Waals surface area contributed by atoms with Crippen LogP contribution in [0.5, 0.6) is 0 Å². The highest BCUT2D eigenvalue weighted by molar-refractivity contribution is 5.95. The largest absolute Gasteiger partial charge is 0.397 e. The maximum Gasteiger partial charge on any atom is 0.253 e. The summed E-state index contributed by atoms with van der Waals surface area (Å²) in [5, 5.41) is 3.37. The predicted octanol–water partition coefficient (Wildman–Crippen LogP) is 2.57. The molecule has 1 aromatic rings. The molecule has 18 heavy (non-hydrogen) atoms. The van der Waals surface area contributed by atoms with Crippen molar-refractivity contribution in [3.8, 4) is 0 Å². The number of rotatable bonds is 4. The van der Waals surface area contributed by atoms with Crippen LogP contribution >= 0.6 is 0 Å². The molecular formula is C14H23N3O. The highest BCUT2D eigenvalue weighted by atomic mass is 16.2. The number of hydrogen-bond acceptors (Lipinski definition) is 3. The minimum Gasteiger partial charge on any atom is -0.397 e. The van der Waals surface area contributed by atoms with Crippen LogP contribution in [0.4, 0.5) is 11.4 Å². The van der Waals surface area contributed by atoms with Crippen molar-refractivity contribution < 1.29 is 4.79 Å². The van der Waals surface area contributed by atoms with Gasteiger partial charge in [-0.05, 0) is 38.5 Å². The molecule has 0 aliphatic heterocycles. The SMILES string of the molecule is CCC(C)(C)Nc1cc(C(=O)N(C)C)ccc1N. The second kappa shape index (κ2) is 5.29. The van der Waals surface area contributed by atoms with Crippen molar-refractivity contribution in [2.24, 2.45) is 0 Å². The normalized spacial score (nSPS) is 11.2. The fraction of sp³-hybridized carbons (Fsp3) is 0.500. The summed E-state index contributed by atoms with van der Waals surface area (Å²) in [5.41, 5.74) is 8.01. The average molecular weight is 249 g/mol. The summed E-state index contributed by atoms with van der Waals surface area (Å²) >= 11 is 0. The number of amides is 1. The van der Waals surface area contributed by atoms with Crippen molar-refractivity contribution in [2.45, 2.75) is 32.7 Å². The Morgan fingerprint density at radius 2 is 2.00 bits per heavy atom. The monoisotopic (exact) mass is 249 g/mol. The number of anilines is 2. The maximum absolute atomic E-state index is 11.9. The Bertz CT molecular complexity index is 439. The molecule has 0 atom stereocenters. The smallest absolute Gasteiger partial charge is 0.253 e. The molecule has 1 rings (SSSR count). The second-order valence-electron chi connectivity index (χ2n) is 5.36. The molecule has 0 fully saturated rings. The Morgan fingerprint density at radius 3 is 2.50 bits per heavy atom. The van der Waals surface area contributed by atoms with Crippen molar-refractivity contribution in [1.29, 1.82) is 0 Å². The average Bonchev–Trinajstić information content (AvgIpc) is 2.30. The molecule has 0 aliphatic rings. The minimum atomic E-state index is -0.0477. The van der Waals surface area contributed by atoms with Gasteiger partial charge in [-0.15, -0.1) is 0 Å².